The third-order valence-corrected chi connectivity index (χ3v) is 3.53. The minimum Gasteiger partial charge on any atom is -0.481 e. The van der Waals surface area contributed by atoms with E-state index in [1.807, 2.05) is 12.1 Å². The van der Waals surface area contributed by atoms with Crippen LogP contribution in [-0.4, -0.2) is 31.6 Å². The van der Waals surface area contributed by atoms with Crippen LogP contribution >= 0.6 is 0 Å². The number of rotatable bonds is 4. The van der Waals surface area contributed by atoms with Crippen molar-refractivity contribution < 1.29 is 9.90 Å². The molecule has 0 amide bonds. The van der Waals surface area contributed by atoms with Crippen LogP contribution in [0.4, 0.5) is 5.82 Å². The average Bonchev–Trinajstić information content (AvgIpc) is 2.35. The zero-order valence-electron chi connectivity index (χ0n) is 10.3. The summed E-state index contributed by atoms with van der Waals surface area (Å²) in [5.74, 6) is -0.123. The van der Waals surface area contributed by atoms with Crippen molar-refractivity contribution in [2.24, 2.45) is 0 Å². The van der Waals surface area contributed by atoms with E-state index in [1.54, 1.807) is 12.4 Å². The molecule has 6 heteroatoms. The van der Waals surface area contributed by atoms with Crippen LogP contribution < -0.4 is 5.32 Å². The Morgan fingerprint density at radius 1 is 1.32 bits per heavy atom. The second kappa shape index (κ2) is 4.46. The molecule has 0 saturated heterocycles. The van der Waals surface area contributed by atoms with Crippen LogP contribution in [-0.2, 0) is 4.79 Å². The number of pyridine rings is 1. The number of carbonyl (C=O) groups is 1. The Balaban J connectivity index is 1.86. The van der Waals surface area contributed by atoms with Crippen molar-refractivity contribution in [3.05, 3.63) is 24.5 Å². The van der Waals surface area contributed by atoms with E-state index < -0.39 is 5.97 Å². The Morgan fingerprint density at radius 2 is 2.11 bits per heavy atom. The summed E-state index contributed by atoms with van der Waals surface area (Å²) < 4.78 is 0. The lowest BCUT2D eigenvalue weighted by atomic mass is 9.74. The molecule has 3 rings (SSSR count). The third-order valence-electron chi connectivity index (χ3n) is 3.53. The van der Waals surface area contributed by atoms with Gasteiger partial charge >= 0.3 is 5.97 Å². The quantitative estimate of drug-likeness (QED) is 0.869. The Labute approximate surface area is 109 Å². The molecule has 0 atom stereocenters. The maximum atomic E-state index is 10.9. The lowest BCUT2D eigenvalue weighted by molar-refractivity contribution is -0.138. The van der Waals surface area contributed by atoms with E-state index in [1.165, 1.54) is 0 Å². The van der Waals surface area contributed by atoms with Crippen molar-refractivity contribution in [2.75, 3.05) is 5.32 Å². The summed E-state index contributed by atoms with van der Waals surface area (Å²) in [6.45, 7) is 0. The summed E-state index contributed by atoms with van der Waals surface area (Å²) in [6, 6.07) is 3.66. The molecule has 0 bridgehead atoms. The lowest BCUT2D eigenvalue weighted by Crippen LogP contribution is -2.46. The molecule has 1 saturated carbocycles. The van der Waals surface area contributed by atoms with Crippen LogP contribution in [0.15, 0.2) is 24.5 Å². The summed E-state index contributed by atoms with van der Waals surface area (Å²) in [5.41, 5.74) is 0.945. The highest BCUT2D eigenvalue weighted by Crippen LogP contribution is 2.37. The van der Waals surface area contributed by atoms with E-state index in [0.29, 0.717) is 11.5 Å². The summed E-state index contributed by atoms with van der Waals surface area (Å²) >= 11 is 0. The van der Waals surface area contributed by atoms with E-state index in [-0.39, 0.29) is 12.0 Å². The van der Waals surface area contributed by atoms with Crippen molar-refractivity contribution in [1.82, 2.24) is 15.0 Å². The largest absolute Gasteiger partial charge is 0.481 e. The highest BCUT2D eigenvalue weighted by atomic mass is 16.4. The molecule has 2 heterocycles. The van der Waals surface area contributed by atoms with Gasteiger partial charge in [0.1, 0.15) is 11.3 Å². The van der Waals surface area contributed by atoms with E-state index in [4.69, 9.17) is 5.11 Å². The number of aromatic nitrogens is 3. The summed E-state index contributed by atoms with van der Waals surface area (Å²) in [5, 5.41) is 12.2. The molecule has 0 unspecified atom stereocenters. The molecule has 0 aromatic carbocycles. The Bertz CT molecular complexity index is 625. The fourth-order valence-electron chi connectivity index (χ4n) is 2.43. The van der Waals surface area contributed by atoms with E-state index >= 15 is 0 Å². The monoisotopic (exact) mass is 258 g/mol. The number of anilines is 1. The molecule has 0 radical (unpaired) electrons. The predicted octanol–water partition coefficient (Wildman–Crippen LogP) is 1.83. The third kappa shape index (κ3) is 2.33. The minimum atomic E-state index is -0.784. The first-order valence-electron chi connectivity index (χ1n) is 6.25. The van der Waals surface area contributed by atoms with Crippen LogP contribution in [0.5, 0.6) is 0 Å². The number of carboxylic acids is 1. The molecule has 0 aliphatic heterocycles. The number of carboxylic acid groups (broad SMARTS) is 1. The van der Waals surface area contributed by atoms with E-state index in [2.05, 4.69) is 20.3 Å². The number of nitrogens with zero attached hydrogens (tertiary/aromatic N) is 3. The molecule has 1 fully saturated rings. The molecule has 19 heavy (non-hydrogen) atoms. The van der Waals surface area contributed by atoms with Gasteiger partial charge in [0.15, 0.2) is 5.65 Å². The Kier molecular flexibility index (Phi) is 2.77. The maximum Gasteiger partial charge on any atom is 0.305 e. The van der Waals surface area contributed by atoms with Crippen molar-refractivity contribution >= 4 is 23.0 Å². The molecule has 2 N–H and O–H groups in total. The minimum absolute atomic E-state index is 0.118. The molecular weight excluding hydrogens is 244 g/mol. The van der Waals surface area contributed by atoms with Gasteiger partial charge in [0.05, 0.1) is 6.42 Å². The van der Waals surface area contributed by atoms with Crippen LogP contribution in [0.25, 0.3) is 11.2 Å². The van der Waals surface area contributed by atoms with Gasteiger partial charge in [-0.25, -0.2) is 9.97 Å². The molecule has 1 aliphatic carbocycles. The molecule has 98 valence electrons. The smallest absolute Gasteiger partial charge is 0.305 e. The standard InChI is InChI=1S/C13H14N4O2/c18-11(19)8-13(4-1-5-13)17-10-3-2-9-12(16-10)15-7-6-14-9/h2-3,6-7H,1,4-5,8H2,(H,18,19)(H,15,16,17). The van der Waals surface area contributed by atoms with Crippen molar-refractivity contribution in [2.45, 2.75) is 31.2 Å². The van der Waals surface area contributed by atoms with Crippen molar-refractivity contribution in [3.8, 4) is 0 Å². The molecule has 2 aromatic heterocycles. The normalized spacial score (nSPS) is 16.8. The molecule has 1 aliphatic rings. The summed E-state index contributed by atoms with van der Waals surface area (Å²) in [6.07, 6.45) is 6.10. The van der Waals surface area contributed by atoms with Gasteiger partial charge in [-0.15, -0.1) is 0 Å². The van der Waals surface area contributed by atoms with Crippen LogP contribution in [0.3, 0.4) is 0 Å². The SMILES string of the molecule is O=C(O)CC1(Nc2ccc3nccnc3n2)CCC1. The first-order chi connectivity index (χ1) is 9.17. The summed E-state index contributed by atoms with van der Waals surface area (Å²) in [4.78, 5) is 23.6. The Hall–Kier alpha value is -2.24. The topological polar surface area (TPSA) is 88.0 Å². The molecule has 0 spiro atoms. The highest BCUT2D eigenvalue weighted by molar-refractivity contribution is 5.73. The van der Waals surface area contributed by atoms with Gasteiger partial charge in [0.2, 0.25) is 0 Å². The van der Waals surface area contributed by atoms with Gasteiger partial charge < -0.3 is 10.4 Å². The van der Waals surface area contributed by atoms with E-state index in [0.717, 1.165) is 24.8 Å². The lowest BCUT2D eigenvalue weighted by Gasteiger charge is -2.41. The number of nitrogens with one attached hydrogen (secondary N) is 1. The average molecular weight is 258 g/mol. The zero-order chi connectivity index (χ0) is 13.3. The van der Waals surface area contributed by atoms with Gasteiger partial charge in [0, 0.05) is 17.9 Å². The number of aliphatic carboxylic acids is 1. The molecule has 6 nitrogen and oxygen atoms in total. The fraction of sp³-hybridized carbons (Fsp3) is 0.385. The maximum absolute atomic E-state index is 10.9. The van der Waals surface area contributed by atoms with Crippen molar-refractivity contribution in [1.29, 1.82) is 0 Å². The van der Waals surface area contributed by atoms with Crippen molar-refractivity contribution in [3.63, 3.8) is 0 Å². The number of hydrogen-bond donors (Lipinski definition) is 2. The van der Waals surface area contributed by atoms with Gasteiger partial charge in [-0.05, 0) is 31.4 Å². The zero-order valence-corrected chi connectivity index (χ0v) is 10.3. The first-order valence-corrected chi connectivity index (χ1v) is 6.25. The fourth-order valence-corrected chi connectivity index (χ4v) is 2.43. The van der Waals surface area contributed by atoms with Crippen LogP contribution in [0.2, 0.25) is 0 Å². The summed E-state index contributed by atoms with van der Waals surface area (Å²) in [7, 11) is 0. The van der Waals surface area contributed by atoms with Crippen LogP contribution in [0.1, 0.15) is 25.7 Å². The van der Waals surface area contributed by atoms with Crippen LogP contribution in [0, 0.1) is 0 Å². The van der Waals surface area contributed by atoms with Gasteiger partial charge in [-0.2, -0.15) is 0 Å². The van der Waals surface area contributed by atoms with Gasteiger partial charge in [0.25, 0.3) is 0 Å². The highest BCUT2D eigenvalue weighted by Gasteiger charge is 2.39. The number of hydrogen-bond acceptors (Lipinski definition) is 5. The molecule has 2 aromatic rings. The number of fused-ring (bicyclic) bond motifs is 1. The molecular formula is C13H14N4O2. The van der Waals surface area contributed by atoms with Gasteiger partial charge in [-0.3, -0.25) is 9.78 Å². The second-order valence-corrected chi connectivity index (χ2v) is 4.92. The van der Waals surface area contributed by atoms with Gasteiger partial charge in [-0.1, -0.05) is 0 Å². The second-order valence-electron chi connectivity index (χ2n) is 4.92. The first kappa shape index (κ1) is 11.8. The van der Waals surface area contributed by atoms with E-state index in [9.17, 15) is 4.79 Å². The Morgan fingerprint density at radius 3 is 2.79 bits per heavy atom. The predicted molar refractivity (Wildman–Crippen MR) is 69.8 cm³/mol.